The summed E-state index contributed by atoms with van der Waals surface area (Å²) in [4.78, 5) is 4.27. The fraction of sp³-hybridized carbons (Fsp3) is 0.824. The maximum absolute atomic E-state index is 5.62. The van der Waals surface area contributed by atoms with E-state index >= 15 is 0 Å². The molecule has 1 aromatic heterocycles. The number of halogens is 1. The molecule has 0 saturated carbocycles. The zero-order valence-electron chi connectivity index (χ0n) is 16.3. The van der Waals surface area contributed by atoms with E-state index in [0.717, 1.165) is 68.9 Å². The van der Waals surface area contributed by atoms with Gasteiger partial charge in [-0.2, -0.15) is 0 Å². The van der Waals surface area contributed by atoms with E-state index in [1.807, 2.05) is 0 Å². The summed E-state index contributed by atoms with van der Waals surface area (Å²) in [5, 5.41) is 16.4. The number of aliphatic imine (C=N–C) groups is 1. The zero-order valence-corrected chi connectivity index (χ0v) is 19.5. The fourth-order valence-corrected chi connectivity index (χ4v) is 3.42. The van der Waals surface area contributed by atoms with Crippen LogP contribution in [0.15, 0.2) is 10.1 Å². The highest BCUT2D eigenvalue weighted by molar-refractivity contribution is 14.0. The van der Waals surface area contributed by atoms with Gasteiger partial charge in [0.25, 0.3) is 0 Å². The standard InChI is InChI=1S/C17H32N6OS.HI/c1-13(2)12-23-15(21-22-17(23)25-4)8-5-9-19-16(18-3)20-11-14-7-6-10-24-14;/h13-14H,5-12H2,1-4H3,(H2,18,19,20);1H. The second-order valence-corrected chi connectivity index (χ2v) is 7.50. The normalized spacial score (nSPS) is 17.4. The number of aromatic nitrogens is 3. The van der Waals surface area contributed by atoms with E-state index in [9.17, 15) is 0 Å². The Hall–Kier alpha value is -0.550. The van der Waals surface area contributed by atoms with Crippen LogP contribution in [0, 0.1) is 5.92 Å². The van der Waals surface area contributed by atoms with Gasteiger partial charge in [-0.05, 0) is 31.4 Å². The monoisotopic (exact) mass is 496 g/mol. The van der Waals surface area contributed by atoms with Crippen LogP contribution in [-0.2, 0) is 17.7 Å². The molecule has 1 aliphatic rings. The number of rotatable bonds is 9. The summed E-state index contributed by atoms with van der Waals surface area (Å²) in [5.41, 5.74) is 0. The van der Waals surface area contributed by atoms with Gasteiger partial charge >= 0.3 is 0 Å². The largest absolute Gasteiger partial charge is 0.376 e. The van der Waals surface area contributed by atoms with Crippen LogP contribution in [0.2, 0.25) is 0 Å². The number of hydrogen-bond acceptors (Lipinski definition) is 5. The van der Waals surface area contributed by atoms with Gasteiger partial charge in [-0.1, -0.05) is 25.6 Å². The van der Waals surface area contributed by atoms with E-state index < -0.39 is 0 Å². The van der Waals surface area contributed by atoms with Gasteiger partial charge in [-0.15, -0.1) is 34.2 Å². The molecule has 1 fully saturated rings. The summed E-state index contributed by atoms with van der Waals surface area (Å²) in [6, 6.07) is 0. The smallest absolute Gasteiger partial charge is 0.191 e. The van der Waals surface area contributed by atoms with E-state index in [2.05, 4.69) is 50.5 Å². The van der Waals surface area contributed by atoms with Crippen molar-refractivity contribution >= 4 is 41.7 Å². The van der Waals surface area contributed by atoms with Crippen molar-refractivity contribution in [3.63, 3.8) is 0 Å². The van der Waals surface area contributed by atoms with Gasteiger partial charge in [0.05, 0.1) is 6.10 Å². The quantitative estimate of drug-likeness (QED) is 0.180. The lowest BCUT2D eigenvalue weighted by atomic mass is 10.2. The Morgan fingerprint density at radius 3 is 2.81 bits per heavy atom. The van der Waals surface area contributed by atoms with Gasteiger partial charge < -0.3 is 19.9 Å². The first-order valence-corrected chi connectivity index (χ1v) is 10.4. The van der Waals surface area contributed by atoms with Gasteiger partial charge in [0.2, 0.25) is 0 Å². The van der Waals surface area contributed by atoms with Crippen LogP contribution in [0.1, 0.15) is 38.9 Å². The van der Waals surface area contributed by atoms with Crippen LogP contribution < -0.4 is 10.6 Å². The molecule has 2 N–H and O–H groups in total. The number of aryl methyl sites for hydroxylation is 1. The van der Waals surface area contributed by atoms with Gasteiger partial charge in [0.1, 0.15) is 5.82 Å². The van der Waals surface area contributed by atoms with Crippen molar-refractivity contribution < 1.29 is 4.74 Å². The summed E-state index contributed by atoms with van der Waals surface area (Å²) in [7, 11) is 1.80. The molecule has 26 heavy (non-hydrogen) atoms. The Labute approximate surface area is 178 Å². The molecule has 0 spiro atoms. The van der Waals surface area contributed by atoms with Crippen molar-refractivity contribution in [2.24, 2.45) is 10.9 Å². The molecule has 150 valence electrons. The van der Waals surface area contributed by atoms with Crippen LogP contribution in [0.5, 0.6) is 0 Å². The second kappa shape index (κ2) is 12.8. The molecule has 0 bridgehead atoms. The Balaban J connectivity index is 0.00000338. The molecular formula is C17H33IN6OS. The Kier molecular flexibility index (Phi) is 11.5. The van der Waals surface area contributed by atoms with Crippen molar-refractivity contribution in [2.75, 3.05) is 33.0 Å². The molecule has 7 nitrogen and oxygen atoms in total. The second-order valence-electron chi connectivity index (χ2n) is 6.73. The van der Waals surface area contributed by atoms with Crippen LogP contribution >= 0.6 is 35.7 Å². The molecule has 1 saturated heterocycles. The number of thioether (sulfide) groups is 1. The van der Waals surface area contributed by atoms with Gasteiger partial charge in [-0.3, -0.25) is 4.99 Å². The summed E-state index contributed by atoms with van der Waals surface area (Å²) >= 11 is 1.66. The Morgan fingerprint density at radius 1 is 1.38 bits per heavy atom. The minimum atomic E-state index is 0. The molecule has 2 rings (SSSR count). The SMILES string of the molecule is CN=C(NCCCc1nnc(SC)n1CC(C)C)NCC1CCCO1.I. The molecule has 0 amide bonds. The molecule has 1 atom stereocenters. The third-order valence-corrected chi connectivity index (χ3v) is 4.81. The Morgan fingerprint density at radius 2 is 2.19 bits per heavy atom. The zero-order chi connectivity index (χ0) is 18.1. The molecule has 1 aliphatic heterocycles. The van der Waals surface area contributed by atoms with E-state index in [1.165, 1.54) is 0 Å². The lowest BCUT2D eigenvalue weighted by molar-refractivity contribution is 0.114. The summed E-state index contributed by atoms with van der Waals surface area (Å²) in [6.07, 6.45) is 6.57. The van der Waals surface area contributed by atoms with Crippen LogP contribution in [0.25, 0.3) is 0 Å². The summed E-state index contributed by atoms with van der Waals surface area (Å²) in [5.74, 6) is 2.49. The van der Waals surface area contributed by atoms with Crippen molar-refractivity contribution in [1.82, 2.24) is 25.4 Å². The average Bonchev–Trinajstić information content (AvgIpc) is 3.24. The van der Waals surface area contributed by atoms with Crippen molar-refractivity contribution in [2.45, 2.75) is 57.3 Å². The molecule has 1 unspecified atom stereocenters. The first kappa shape index (κ1) is 23.5. The predicted octanol–water partition coefficient (Wildman–Crippen LogP) is 2.55. The first-order valence-electron chi connectivity index (χ1n) is 9.16. The van der Waals surface area contributed by atoms with Gasteiger partial charge in [-0.25, -0.2) is 0 Å². The molecule has 9 heteroatoms. The van der Waals surface area contributed by atoms with Crippen molar-refractivity contribution in [3.05, 3.63) is 5.82 Å². The van der Waals surface area contributed by atoms with Gasteiger partial charge in [0, 0.05) is 39.7 Å². The third-order valence-electron chi connectivity index (χ3n) is 4.14. The van der Waals surface area contributed by atoms with Crippen molar-refractivity contribution in [1.29, 1.82) is 0 Å². The number of nitrogens with zero attached hydrogens (tertiary/aromatic N) is 4. The van der Waals surface area contributed by atoms with E-state index in [0.29, 0.717) is 12.0 Å². The van der Waals surface area contributed by atoms with E-state index in [-0.39, 0.29) is 24.0 Å². The molecular weight excluding hydrogens is 463 g/mol. The lowest BCUT2D eigenvalue weighted by Crippen LogP contribution is -2.41. The molecule has 0 aliphatic carbocycles. The van der Waals surface area contributed by atoms with Gasteiger partial charge in [0.15, 0.2) is 11.1 Å². The van der Waals surface area contributed by atoms with Crippen LogP contribution in [0.3, 0.4) is 0 Å². The highest BCUT2D eigenvalue weighted by Gasteiger charge is 2.15. The molecule has 1 aromatic rings. The Bertz CT molecular complexity index is 545. The van der Waals surface area contributed by atoms with E-state index in [1.54, 1.807) is 18.8 Å². The van der Waals surface area contributed by atoms with Crippen LogP contribution in [-0.4, -0.2) is 59.8 Å². The lowest BCUT2D eigenvalue weighted by Gasteiger charge is -2.15. The minimum Gasteiger partial charge on any atom is -0.376 e. The predicted molar refractivity (Wildman–Crippen MR) is 119 cm³/mol. The summed E-state index contributed by atoms with van der Waals surface area (Å²) in [6.45, 7) is 7.97. The van der Waals surface area contributed by atoms with E-state index in [4.69, 9.17) is 4.74 Å². The number of guanidine groups is 1. The maximum Gasteiger partial charge on any atom is 0.191 e. The first-order chi connectivity index (χ1) is 12.1. The molecule has 0 radical (unpaired) electrons. The fourth-order valence-electron chi connectivity index (χ4n) is 2.89. The topological polar surface area (TPSA) is 76.4 Å². The van der Waals surface area contributed by atoms with Crippen LogP contribution in [0.4, 0.5) is 0 Å². The number of nitrogens with one attached hydrogen (secondary N) is 2. The average molecular weight is 496 g/mol. The summed E-state index contributed by atoms with van der Waals surface area (Å²) < 4.78 is 7.87. The number of ether oxygens (including phenoxy) is 1. The molecule has 0 aromatic carbocycles. The highest BCUT2D eigenvalue weighted by Crippen LogP contribution is 2.16. The third kappa shape index (κ3) is 7.59. The minimum absolute atomic E-state index is 0. The molecule has 2 heterocycles. The van der Waals surface area contributed by atoms with Crippen molar-refractivity contribution in [3.8, 4) is 0 Å². The maximum atomic E-state index is 5.62. The number of hydrogen-bond donors (Lipinski definition) is 2. The highest BCUT2D eigenvalue weighted by atomic mass is 127.